The number of esters is 1. The Kier molecular flexibility index (Phi) is 7.61. The first-order valence-corrected chi connectivity index (χ1v) is 13.3. The van der Waals surface area contributed by atoms with Crippen LogP contribution in [0.1, 0.15) is 37.3 Å². The molecule has 0 unspecified atom stereocenters. The lowest BCUT2D eigenvalue weighted by molar-refractivity contribution is -0.148. The van der Waals surface area contributed by atoms with E-state index in [1.807, 2.05) is 53.4 Å². The van der Waals surface area contributed by atoms with Crippen LogP contribution in [0.15, 0.2) is 96.3 Å². The molecule has 1 amide bonds. The van der Waals surface area contributed by atoms with Crippen LogP contribution in [0, 0.1) is 0 Å². The van der Waals surface area contributed by atoms with Crippen LogP contribution in [0.3, 0.4) is 0 Å². The first kappa shape index (κ1) is 25.7. The number of carbonyl (C=O) groups is 2. The zero-order valence-corrected chi connectivity index (χ0v) is 21.8. The standard InChI is InChI=1S/C32H34N2O4/c1-2-38-31(37)29-28(35)21-32(17-19-33(20-18-32)22-24-9-5-3-6-10-24)34(30(29)36)23-25-13-15-27(16-14-25)26-11-7-4-8-12-26/h3-16,35H,2,17-23H2,1H3. The number of benzene rings is 3. The van der Waals surface area contributed by atoms with E-state index in [4.69, 9.17) is 4.74 Å². The molecular weight excluding hydrogens is 476 g/mol. The summed E-state index contributed by atoms with van der Waals surface area (Å²) in [7, 11) is 0. The Morgan fingerprint density at radius 3 is 2.05 bits per heavy atom. The molecule has 2 aliphatic rings. The van der Waals surface area contributed by atoms with E-state index in [1.54, 1.807) is 6.92 Å². The monoisotopic (exact) mass is 510 g/mol. The van der Waals surface area contributed by atoms with Crippen LogP contribution in [0.25, 0.3) is 11.1 Å². The highest BCUT2D eigenvalue weighted by Gasteiger charge is 2.49. The maximum atomic E-state index is 13.8. The van der Waals surface area contributed by atoms with Crippen LogP contribution in [-0.2, 0) is 27.4 Å². The van der Waals surface area contributed by atoms with Crippen molar-refractivity contribution in [3.8, 4) is 11.1 Å². The average molecular weight is 511 g/mol. The Morgan fingerprint density at radius 2 is 1.42 bits per heavy atom. The molecule has 6 heteroatoms. The van der Waals surface area contributed by atoms with Crippen molar-refractivity contribution in [3.63, 3.8) is 0 Å². The molecule has 0 radical (unpaired) electrons. The number of nitrogens with zero attached hydrogens (tertiary/aromatic N) is 2. The number of aliphatic hydroxyl groups is 1. The molecule has 3 aromatic carbocycles. The van der Waals surface area contributed by atoms with Crippen molar-refractivity contribution in [3.05, 3.63) is 107 Å². The zero-order valence-electron chi connectivity index (χ0n) is 21.8. The quantitative estimate of drug-likeness (QED) is 0.336. The molecule has 1 spiro atoms. The highest BCUT2D eigenvalue weighted by atomic mass is 16.5. The lowest BCUT2D eigenvalue weighted by Gasteiger charge is -2.51. The Bertz CT molecular complexity index is 1290. The molecule has 0 aliphatic carbocycles. The van der Waals surface area contributed by atoms with E-state index >= 15 is 0 Å². The molecule has 3 aromatic rings. The Balaban J connectivity index is 1.39. The number of hydrogen-bond acceptors (Lipinski definition) is 5. The predicted molar refractivity (Wildman–Crippen MR) is 147 cm³/mol. The van der Waals surface area contributed by atoms with Gasteiger partial charge in [-0.05, 0) is 42.0 Å². The van der Waals surface area contributed by atoms with E-state index in [9.17, 15) is 14.7 Å². The summed E-state index contributed by atoms with van der Waals surface area (Å²) in [6.45, 7) is 4.65. The van der Waals surface area contributed by atoms with Crippen LogP contribution < -0.4 is 0 Å². The third-order valence-corrected chi connectivity index (χ3v) is 7.73. The maximum absolute atomic E-state index is 13.8. The Hall–Kier alpha value is -3.90. The van der Waals surface area contributed by atoms with E-state index in [2.05, 4.69) is 41.3 Å². The molecule has 0 atom stereocenters. The second kappa shape index (κ2) is 11.2. The van der Waals surface area contributed by atoms with Gasteiger partial charge in [0.05, 0.1) is 12.1 Å². The van der Waals surface area contributed by atoms with Crippen molar-refractivity contribution >= 4 is 11.9 Å². The fraction of sp³-hybridized carbons (Fsp3) is 0.312. The number of carbonyl (C=O) groups excluding carboxylic acids is 2. The summed E-state index contributed by atoms with van der Waals surface area (Å²) in [6, 6.07) is 28.7. The molecule has 0 bridgehead atoms. The van der Waals surface area contributed by atoms with Gasteiger partial charge in [0.25, 0.3) is 5.91 Å². The lowest BCUT2D eigenvalue weighted by Crippen LogP contribution is -2.60. The van der Waals surface area contributed by atoms with E-state index in [-0.39, 0.29) is 24.4 Å². The molecule has 0 saturated carbocycles. The topological polar surface area (TPSA) is 70.1 Å². The maximum Gasteiger partial charge on any atom is 0.347 e. The SMILES string of the molecule is CCOC(=O)C1=C(O)CC2(CCN(Cc3ccccc3)CC2)N(Cc2ccc(-c3ccccc3)cc2)C1=O. The summed E-state index contributed by atoms with van der Waals surface area (Å²) in [6.07, 6.45) is 1.69. The predicted octanol–water partition coefficient (Wildman–Crippen LogP) is 5.50. The van der Waals surface area contributed by atoms with Gasteiger partial charge in [-0.15, -0.1) is 0 Å². The summed E-state index contributed by atoms with van der Waals surface area (Å²) in [5, 5.41) is 10.9. The number of piperidine rings is 1. The molecule has 196 valence electrons. The van der Waals surface area contributed by atoms with Gasteiger partial charge in [0.15, 0.2) is 5.57 Å². The molecule has 2 aliphatic heterocycles. The van der Waals surface area contributed by atoms with Crippen molar-refractivity contribution in [2.75, 3.05) is 19.7 Å². The number of aliphatic hydroxyl groups excluding tert-OH is 1. The fourth-order valence-electron chi connectivity index (χ4n) is 5.65. The van der Waals surface area contributed by atoms with Crippen molar-refractivity contribution < 1.29 is 19.4 Å². The highest BCUT2D eigenvalue weighted by Crippen LogP contribution is 2.41. The minimum Gasteiger partial charge on any atom is -0.511 e. The van der Waals surface area contributed by atoms with Gasteiger partial charge in [0.2, 0.25) is 0 Å². The summed E-state index contributed by atoms with van der Waals surface area (Å²) < 4.78 is 5.13. The second-order valence-electron chi connectivity index (χ2n) is 10.2. The van der Waals surface area contributed by atoms with E-state index < -0.39 is 17.4 Å². The normalized spacial score (nSPS) is 17.6. The van der Waals surface area contributed by atoms with Gasteiger partial charge >= 0.3 is 5.97 Å². The van der Waals surface area contributed by atoms with Crippen molar-refractivity contribution in [1.82, 2.24) is 9.80 Å². The van der Waals surface area contributed by atoms with Gasteiger partial charge in [0.1, 0.15) is 5.76 Å². The van der Waals surface area contributed by atoms with Crippen LogP contribution >= 0.6 is 0 Å². The smallest absolute Gasteiger partial charge is 0.347 e. The molecule has 1 saturated heterocycles. The third-order valence-electron chi connectivity index (χ3n) is 7.73. The number of rotatable bonds is 7. The molecular formula is C32H34N2O4. The van der Waals surface area contributed by atoms with Crippen LogP contribution in [0.5, 0.6) is 0 Å². The van der Waals surface area contributed by atoms with E-state index in [0.717, 1.165) is 36.3 Å². The van der Waals surface area contributed by atoms with Crippen molar-refractivity contribution in [2.24, 2.45) is 0 Å². The third kappa shape index (κ3) is 5.36. The highest BCUT2D eigenvalue weighted by molar-refractivity contribution is 6.17. The molecule has 38 heavy (non-hydrogen) atoms. The summed E-state index contributed by atoms with van der Waals surface area (Å²) in [5.74, 6) is -1.35. The van der Waals surface area contributed by atoms with Gasteiger partial charge in [-0.3, -0.25) is 9.69 Å². The first-order chi connectivity index (χ1) is 18.5. The molecule has 1 fully saturated rings. The summed E-state index contributed by atoms with van der Waals surface area (Å²) >= 11 is 0. The number of likely N-dealkylation sites (tertiary alicyclic amines) is 1. The number of ether oxygens (including phenoxy) is 1. The minimum absolute atomic E-state index is 0.142. The summed E-state index contributed by atoms with van der Waals surface area (Å²) in [4.78, 5) is 30.6. The van der Waals surface area contributed by atoms with Gasteiger partial charge < -0.3 is 14.7 Å². The fourth-order valence-corrected chi connectivity index (χ4v) is 5.65. The average Bonchev–Trinajstić information content (AvgIpc) is 2.94. The number of hydrogen-bond donors (Lipinski definition) is 1. The Labute approximate surface area is 224 Å². The van der Waals surface area contributed by atoms with E-state index in [0.29, 0.717) is 19.4 Å². The second-order valence-corrected chi connectivity index (χ2v) is 10.2. The molecule has 2 heterocycles. The van der Waals surface area contributed by atoms with Crippen molar-refractivity contribution in [2.45, 2.75) is 44.8 Å². The van der Waals surface area contributed by atoms with E-state index in [1.165, 1.54) is 5.56 Å². The first-order valence-electron chi connectivity index (χ1n) is 13.3. The van der Waals surface area contributed by atoms with Gasteiger partial charge in [0, 0.05) is 32.6 Å². The molecule has 1 N–H and O–H groups in total. The molecule has 6 nitrogen and oxygen atoms in total. The van der Waals surface area contributed by atoms with Gasteiger partial charge in [-0.2, -0.15) is 0 Å². The molecule has 5 rings (SSSR count). The lowest BCUT2D eigenvalue weighted by atomic mass is 9.77. The zero-order chi connectivity index (χ0) is 26.5. The molecule has 0 aromatic heterocycles. The Morgan fingerprint density at radius 1 is 0.842 bits per heavy atom. The van der Waals surface area contributed by atoms with Crippen LogP contribution in [0.2, 0.25) is 0 Å². The van der Waals surface area contributed by atoms with Gasteiger partial charge in [-0.25, -0.2) is 4.79 Å². The minimum atomic E-state index is -0.754. The largest absolute Gasteiger partial charge is 0.511 e. The van der Waals surface area contributed by atoms with Crippen LogP contribution in [-0.4, -0.2) is 52.0 Å². The van der Waals surface area contributed by atoms with Crippen LogP contribution in [0.4, 0.5) is 0 Å². The number of amides is 1. The van der Waals surface area contributed by atoms with Crippen molar-refractivity contribution in [1.29, 1.82) is 0 Å². The summed E-state index contributed by atoms with van der Waals surface area (Å²) in [5.41, 5.74) is 3.69. The van der Waals surface area contributed by atoms with Gasteiger partial charge in [-0.1, -0.05) is 84.9 Å².